The van der Waals surface area contributed by atoms with Crippen molar-refractivity contribution in [1.29, 1.82) is 0 Å². The Morgan fingerprint density at radius 1 is 0.933 bits per heavy atom. The Morgan fingerprint density at radius 2 is 1.60 bits per heavy atom. The highest BCUT2D eigenvalue weighted by Crippen LogP contribution is 2.35. The number of ether oxygens (including phenoxy) is 3. The Hall–Kier alpha value is -3.22. The molecule has 7 nitrogen and oxygen atoms in total. The van der Waals surface area contributed by atoms with Crippen molar-refractivity contribution in [2.45, 2.75) is 26.2 Å². The van der Waals surface area contributed by atoms with E-state index in [1.807, 2.05) is 17.9 Å². The van der Waals surface area contributed by atoms with E-state index < -0.39 is 0 Å². The second kappa shape index (κ2) is 10.0. The average molecular weight is 412 g/mol. The summed E-state index contributed by atoms with van der Waals surface area (Å²) in [6.45, 7) is 3.71. The summed E-state index contributed by atoms with van der Waals surface area (Å²) in [5.41, 5.74) is 1.14. The van der Waals surface area contributed by atoms with E-state index in [0.29, 0.717) is 53.8 Å². The van der Waals surface area contributed by atoms with E-state index in [9.17, 15) is 9.59 Å². The van der Waals surface area contributed by atoms with Crippen LogP contribution in [-0.2, 0) is 0 Å². The fourth-order valence-electron chi connectivity index (χ4n) is 3.55. The molecule has 1 fully saturated rings. The minimum atomic E-state index is -0.362. The second-order valence-electron chi connectivity index (χ2n) is 6.99. The van der Waals surface area contributed by atoms with E-state index in [4.69, 9.17) is 14.2 Å². The second-order valence-corrected chi connectivity index (χ2v) is 6.99. The van der Waals surface area contributed by atoms with E-state index in [0.717, 1.165) is 19.3 Å². The number of hydrogen-bond donors (Lipinski definition) is 1. The third-order valence-corrected chi connectivity index (χ3v) is 5.08. The van der Waals surface area contributed by atoms with Crippen molar-refractivity contribution in [2.75, 3.05) is 39.2 Å². The fourth-order valence-corrected chi connectivity index (χ4v) is 3.55. The van der Waals surface area contributed by atoms with Gasteiger partial charge in [0.1, 0.15) is 5.75 Å². The number of likely N-dealkylation sites (tertiary alicyclic amines) is 1. The Morgan fingerprint density at radius 3 is 2.27 bits per heavy atom. The highest BCUT2D eigenvalue weighted by molar-refractivity contribution is 6.10. The summed E-state index contributed by atoms with van der Waals surface area (Å²) in [4.78, 5) is 28.1. The normalized spacial score (nSPS) is 13.5. The van der Waals surface area contributed by atoms with Crippen LogP contribution in [0.15, 0.2) is 36.4 Å². The highest BCUT2D eigenvalue weighted by atomic mass is 16.5. The van der Waals surface area contributed by atoms with Crippen molar-refractivity contribution < 1.29 is 23.8 Å². The molecular formula is C23H28N2O5. The molecule has 1 aliphatic rings. The third kappa shape index (κ3) is 4.67. The summed E-state index contributed by atoms with van der Waals surface area (Å²) in [6, 6.07) is 10.3. The first-order chi connectivity index (χ1) is 14.6. The third-order valence-electron chi connectivity index (χ3n) is 5.08. The summed E-state index contributed by atoms with van der Waals surface area (Å²) >= 11 is 0. The molecule has 0 aromatic heterocycles. The molecule has 1 saturated heterocycles. The smallest absolute Gasteiger partial charge is 0.259 e. The van der Waals surface area contributed by atoms with Crippen LogP contribution in [0.3, 0.4) is 0 Å². The number of piperidine rings is 1. The van der Waals surface area contributed by atoms with Crippen molar-refractivity contribution in [3.05, 3.63) is 47.5 Å². The number of benzene rings is 2. The zero-order valence-electron chi connectivity index (χ0n) is 17.7. The molecule has 3 rings (SSSR count). The number of carbonyl (C=O) groups is 2. The van der Waals surface area contributed by atoms with E-state index in [1.54, 1.807) is 30.3 Å². The maximum Gasteiger partial charge on any atom is 0.259 e. The summed E-state index contributed by atoms with van der Waals surface area (Å²) in [5, 5.41) is 2.87. The number of amides is 2. The number of methoxy groups -OCH3 is 2. The molecule has 160 valence electrons. The molecule has 1 aliphatic heterocycles. The van der Waals surface area contributed by atoms with Gasteiger partial charge in [0, 0.05) is 19.2 Å². The van der Waals surface area contributed by atoms with E-state index in [-0.39, 0.29) is 11.8 Å². The summed E-state index contributed by atoms with van der Waals surface area (Å²) in [5.74, 6) is 0.858. The lowest BCUT2D eigenvalue weighted by atomic mass is 10.1. The summed E-state index contributed by atoms with van der Waals surface area (Å²) in [7, 11) is 3.03. The first kappa shape index (κ1) is 21.5. The van der Waals surface area contributed by atoms with Gasteiger partial charge in [-0.25, -0.2) is 0 Å². The van der Waals surface area contributed by atoms with Crippen LogP contribution in [0, 0.1) is 0 Å². The van der Waals surface area contributed by atoms with Gasteiger partial charge in [0.2, 0.25) is 0 Å². The van der Waals surface area contributed by atoms with Crippen LogP contribution in [-0.4, -0.2) is 50.6 Å². The van der Waals surface area contributed by atoms with Crippen LogP contribution in [0.5, 0.6) is 17.2 Å². The number of hydrogen-bond acceptors (Lipinski definition) is 5. The minimum absolute atomic E-state index is 0.135. The standard InChI is InChI=1S/C23H28N2O5/c1-4-30-19-11-7-6-10-16(19)22(26)24-18-15-21(29-3)20(28-2)14-17(18)23(27)25-12-8-5-9-13-25/h6-7,10-11,14-15H,4-5,8-9,12-13H2,1-3H3,(H,24,26). The SMILES string of the molecule is CCOc1ccccc1C(=O)Nc1cc(OC)c(OC)cc1C(=O)N1CCCCC1. The van der Waals surface area contributed by atoms with Gasteiger partial charge in [-0.2, -0.15) is 0 Å². The highest BCUT2D eigenvalue weighted by Gasteiger charge is 2.25. The predicted octanol–water partition coefficient (Wildman–Crippen LogP) is 3.98. The van der Waals surface area contributed by atoms with Gasteiger partial charge < -0.3 is 24.4 Å². The van der Waals surface area contributed by atoms with Crippen LogP contribution < -0.4 is 19.5 Å². The molecule has 30 heavy (non-hydrogen) atoms. The van der Waals surface area contributed by atoms with Crippen molar-refractivity contribution >= 4 is 17.5 Å². The van der Waals surface area contributed by atoms with Gasteiger partial charge in [-0.05, 0) is 44.4 Å². The maximum atomic E-state index is 13.2. The molecule has 0 saturated carbocycles. The molecule has 0 unspecified atom stereocenters. The minimum Gasteiger partial charge on any atom is -0.493 e. The maximum absolute atomic E-state index is 13.2. The zero-order chi connectivity index (χ0) is 21.5. The van der Waals surface area contributed by atoms with Gasteiger partial charge in [0.15, 0.2) is 11.5 Å². The molecule has 7 heteroatoms. The first-order valence-electron chi connectivity index (χ1n) is 10.2. The number of nitrogens with one attached hydrogen (secondary N) is 1. The van der Waals surface area contributed by atoms with Gasteiger partial charge in [-0.1, -0.05) is 12.1 Å². The molecule has 2 aromatic carbocycles. The van der Waals surface area contributed by atoms with Gasteiger partial charge in [-0.15, -0.1) is 0 Å². The fraction of sp³-hybridized carbons (Fsp3) is 0.391. The number of anilines is 1. The largest absolute Gasteiger partial charge is 0.493 e. The molecule has 0 atom stereocenters. The topological polar surface area (TPSA) is 77.1 Å². The van der Waals surface area contributed by atoms with Crippen LogP contribution in [0.4, 0.5) is 5.69 Å². The average Bonchev–Trinajstić information content (AvgIpc) is 2.79. The summed E-state index contributed by atoms with van der Waals surface area (Å²) in [6.07, 6.45) is 3.07. The molecule has 2 amide bonds. The van der Waals surface area contributed by atoms with E-state index >= 15 is 0 Å². The van der Waals surface area contributed by atoms with Crippen molar-refractivity contribution in [3.8, 4) is 17.2 Å². The zero-order valence-corrected chi connectivity index (χ0v) is 17.7. The lowest BCUT2D eigenvalue weighted by Crippen LogP contribution is -2.36. The van der Waals surface area contributed by atoms with Crippen LogP contribution in [0.1, 0.15) is 46.9 Å². The molecule has 1 N–H and O–H groups in total. The van der Waals surface area contributed by atoms with Gasteiger partial charge in [-0.3, -0.25) is 9.59 Å². The van der Waals surface area contributed by atoms with Crippen LogP contribution in [0.2, 0.25) is 0 Å². The molecule has 0 aliphatic carbocycles. The summed E-state index contributed by atoms with van der Waals surface area (Å²) < 4.78 is 16.3. The van der Waals surface area contributed by atoms with Gasteiger partial charge in [0.05, 0.1) is 37.6 Å². The number of rotatable bonds is 7. The van der Waals surface area contributed by atoms with E-state index in [2.05, 4.69) is 5.32 Å². The van der Waals surface area contributed by atoms with Gasteiger partial charge >= 0.3 is 0 Å². The van der Waals surface area contributed by atoms with Crippen LogP contribution in [0.25, 0.3) is 0 Å². The predicted molar refractivity (Wildman–Crippen MR) is 115 cm³/mol. The molecular weight excluding hydrogens is 384 g/mol. The number of para-hydroxylation sites is 1. The molecule has 0 radical (unpaired) electrons. The Bertz CT molecular complexity index is 906. The Balaban J connectivity index is 1.98. The monoisotopic (exact) mass is 412 g/mol. The lowest BCUT2D eigenvalue weighted by Gasteiger charge is -2.28. The van der Waals surface area contributed by atoms with Gasteiger partial charge in [0.25, 0.3) is 11.8 Å². The lowest BCUT2D eigenvalue weighted by molar-refractivity contribution is 0.0725. The number of nitrogens with zero attached hydrogens (tertiary/aromatic N) is 1. The Kier molecular flexibility index (Phi) is 7.17. The number of carbonyl (C=O) groups excluding carboxylic acids is 2. The molecule has 1 heterocycles. The molecule has 0 bridgehead atoms. The molecule has 2 aromatic rings. The first-order valence-corrected chi connectivity index (χ1v) is 10.2. The van der Waals surface area contributed by atoms with Crippen molar-refractivity contribution in [3.63, 3.8) is 0 Å². The van der Waals surface area contributed by atoms with Crippen LogP contribution >= 0.6 is 0 Å². The Labute approximate surface area is 176 Å². The quantitative estimate of drug-likeness (QED) is 0.744. The molecule has 0 spiro atoms. The van der Waals surface area contributed by atoms with Crippen molar-refractivity contribution in [1.82, 2.24) is 4.90 Å². The van der Waals surface area contributed by atoms with E-state index in [1.165, 1.54) is 14.2 Å². The van der Waals surface area contributed by atoms with Crippen molar-refractivity contribution in [2.24, 2.45) is 0 Å².